The lowest BCUT2D eigenvalue weighted by Gasteiger charge is -2.12. The molecule has 3 aromatic carbocycles. The van der Waals surface area contributed by atoms with Crippen LogP contribution in [0.4, 0.5) is 6.01 Å². The minimum atomic E-state index is 0.284. The SMILES string of the molecule is COc1cc(/C=N/Nc2nc(-c3ccccc3)c(-c3ccccc3)o2)cc(OC)c1OC. The highest BCUT2D eigenvalue weighted by atomic mass is 16.5. The molecular weight excluding hydrogens is 406 g/mol. The van der Waals surface area contributed by atoms with Gasteiger partial charge in [0.25, 0.3) is 0 Å². The number of nitrogens with zero attached hydrogens (tertiary/aromatic N) is 2. The van der Waals surface area contributed by atoms with E-state index in [0.29, 0.717) is 23.0 Å². The summed E-state index contributed by atoms with van der Waals surface area (Å²) in [5.74, 6) is 2.28. The lowest BCUT2D eigenvalue weighted by atomic mass is 10.1. The van der Waals surface area contributed by atoms with Crippen molar-refractivity contribution >= 4 is 12.2 Å². The predicted molar refractivity (Wildman–Crippen MR) is 125 cm³/mol. The van der Waals surface area contributed by atoms with E-state index in [4.69, 9.17) is 18.6 Å². The van der Waals surface area contributed by atoms with Gasteiger partial charge in [-0.3, -0.25) is 0 Å². The lowest BCUT2D eigenvalue weighted by molar-refractivity contribution is 0.324. The Labute approximate surface area is 186 Å². The summed E-state index contributed by atoms with van der Waals surface area (Å²) < 4.78 is 22.1. The molecule has 1 aromatic heterocycles. The fraction of sp³-hybridized carbons (Fsp3) is 0.120. The molecule has 0 bridgehead atoms. The van der Waals surface area contributed by atoms with E-state index >= 15 is 0 Å². The van der Waals surface area contributed by atoms with Crippen molar-refractivity contribution in [2.45, 2.75) is 0 Å². The molecule has 7 heteroatoms. The van der Waals surface area contributed by atoms with E-state index in [1.54, 1.807) is 39.7 Å². The van der Waals surface area contributed by atoms with Crippen molar-refractivity contribution in [1.29, 1.82) is 0 Å². The van der Waals surface area contributed by atoms with Crippen LogP contribution in [0.5, 0.6) is 17.2 Å². The molecule has 0 spiro atoms. The van der Waals surface area contributed by atoms with Crippen molar-refractivity contribution in [3.8, 4) is 39.8 Å². The van der Waals surface area contributed by atoms with E-state index in [9.17, 15) is 0 Å². The quantitative estimate of drug-likeness (QED) is 0.295. The van der Waals surface area contributed by atoms with Crippen molar-refractivity contribution in [2.75, 3.05) is 26.8 Å². The number of methoxy groups -OCH3 is 3. The zero-order valence-corrected chi connectivity index (χ0v) is 18.0. The van der Waals surface area contributed by atoms with E-state index < -0.39 is 0 Å². The summed E-state index contributed by atoms with van der Waals surface area (Å²) in [5.41, 5.74) is 6.26. The van der Waals surface area contributed by atoms with Crippen LogP contribution in [0.2, 0.25) is 0 Å². The highest BCUT2D eigenvalue weighted by Gasteiger charge is 2.17. The zero-order chi connectivity index (χ0) is 22.3. The number of rotatable bonds is 8. The minimum absolute atomic E-state index is 0.284. The first-order chi connectivity index (χ1) is 15.7. The molecule has 1 heterocycles. The Kier molecular flexibility index (Phi) is 6.36. The first-order valence-corrected chi connectivity index (χ1v) is 9.94. The highest BCUT2D eigenvalue weighted by molar-refractivity contribution is 5.83. The second kappa shape index (κ2) is 9.70. The number of hydrogen-bond acceptors (Lipinski definition) is 7. The predicted octanol–water partition coefficient (Wildman–Crippen LogP) is 5.48. The smallest absolute Gasteiger partial charge is 0.316 e. The Morgan fingerprint density at radius 1 is 0.812 bits per heavy atom. The molecular formula is C25H23N3O4. The maximum absolute atomic E-state index is 6.01. The number of ether oxygens (including phenoxy) is 3. The number of aromatic nitrogens is 1. The molecule has 0 fully saturated rings. The van der Waals surface area contributed by atoms with Gasteiger partial charge in [-0.15, -0.1) is 0 Å². The second-order valence-electron chi connectivity index (χ2n) is 6.76. The van der Waals surface area contributed by atoms with Crippen molar-refractivity contribution in [1.82, 2.24) is 4.98 Å². The lowest BCUT2D eigenvalue weighted by Crippen LogP contribution is -1.97. The summed E-state index contributed by atoms with van der Waals surface area (Å²) in [5, 5.41) is 4.28. The van der Waals surface area contributed by atoms with Crippen molar-refractivity contribution in [3.63, 3.8) is 0 Å². The number of anilines is 1. The maximum atomic E-state index is 6.01. The van der Waals surface area contributed by atoms with Gasteiger partial charge < -0.3 is 18.6 Å². The third-order valence-corrected chi connectivity index (χ3v) is 4.77. The van der Waals surface area contributed by atoms with Gasteiger partial charge in [0.05, 0.1) is 27.5 Å². The van der Waals surface area contributed by atoms with E-state index in [0.717, 1.165) is 22.4 Å². The molecule has 32 heavy (non-hydrogen) atoms. The van der Waals surface area contributed by atoms with Crippen LogP contribution >= 0.6 is 0 Å². The van der Waals surface area contributed by atoms with Crippen LogP contribution in [0, 0.1) is 0 Å². The minimum Gasteiger partial charge on any atom is -0.493 e. The van der Waals surface area contributed by atoms with Crippen LogP contribution < -0.4 is 19.6 Å². The molecule has 0 atom stereocenters. The molecule has 162 valence electrons. The molecule has 4 aromatic rings. The molecule has 0 saturated heterocycles. The van der Waals surface area contributed by atoms with Crippen LogP contribution in [0.1, 0.15) is 5.56 Å². The first kappa shape index (κ1) is 21.0. The average molecular weight is 429 g/mol. The van der Waals surface area contributed by atoms with Crippen molar-refractivity contribution in [3.05, 3.63) is 78.4 Å². The Hall–Kier alpha value is -4.26. The van der Waals surface area contributed by atoms with Gasteiger partial charge in [-0.2, -0.15) is 10.1 Å². The summed E-state index contributed by atoms with van der Waals surface area (Å²) in [6.07, 6.45) is 1.62. The van der Waals surface area contributed by atoms with Crippen LogP contribution in [-0.4, -0.2) is 32.5 Å². The third kappa shape index (κ3) is 4.41. The molecule has 0 amide bonds. The second-order valence-corrected chi connectivity index (χ2v) is 6.76. The summed E-state index contributed by atoms with van der Waals surface area (Å²) in [4.78, 5) is 4.62. The van der Waals surface area contributed by atoms with Gasteiger partial charge in [0.1, 0.15) is 5.69 Å². The Morgan fingerprint density at radius 2 is 1.41 bits per heavy atom. The molecule has 4 rings (SSSR count). The molecule has 0 aliphatic carbocycles. The van der Waals surface area contributed by atoms with E-state index in [-0.39, 0.29) is 6.01 Å². The number of nitrogens with one attached hydrogen (secondary N) is 1. The monoisotopic (exact) mass is 429 g/mol. The van der Waals surface area contributed by atoms with Crippen molar-refractivity contribution in [2.24, 2.45) is 5.10 Å². The van der Waals surface area contributed by atoms with Crippen LogP contribution in [0.25, 0.3) is 22.6 Å². The summed E-state index contributed by atoms with van der Waals surface area (Å²) >= 11 is 0. The number of hydrogen-bond donors (Lipinski definition) is 1. The Balaban J connectivity index is 1.63. The molecule has 0 aliphatic rings. The largest absolute Gasteiger partial charge is 0.493 e. The van der Waals surface area contributed by atoms with E-state index in [2.05, 4.69) is 15.5 Å². The molecule has 0 radical (unpaired) electrons. The van der Waals surface area contributed by atoms with Gasteiger partial charge in [0, 0.05) is 16.7 Å². The van der Waals surface area contributed by atoms with Gasteiger partial charge in [-0.25, -0.2) is 5.43 Å². The van der Waals surface area contributed by atoms with Gasteiger partial charge in [0.15, 0.2) is 17.3 Å². The fourth-order valence-corrected chi connectivity index (χ4v) is 3.28. The maximum Gasteiger partial charge on any atom is 0.316 e. The van der Waals surface area contributed by atoms with Crippen LogP contribution in [0.15, 0.2) is 82.3 Å². The third-order valence-electron chi connectivity index (χ3n) is 4.77. The fourth-order valence-electron chi connectivity index (χ4n) is 3.28. The number of hydrazone groups is 1. The Bertz CT molecular complexity index is 1120. The van der Waals surface area contributed by atoms with Gasteiger partial charge in [-0.1, -0.05) is 60.7 Å². The first-order valence-electron chi connectivity index (χ1n) is 9.94. The molecule has 1 N–H and O–H groups in total. The average Bonchev–Trinajstić information content (AvgIpc) is 3.28. The Morgan fingerprint density at radius 3 is 1.97 bits per heavy atom. The van der Waals surface area contributed by atoms with E-state index in [1.165, 1.54) is 0 Å². The molecule has 0 aliphatic heterocycles. The number of benzene rings is 3. The molecule has 0 unspecified atom stereocenters. The van der Waals surface area contributed by atoms with Gasteiger partial charge in [-0.05, 0) is 12.1 Å². The standard InChI is InChI=1S/C25H23N3O4/c1-29-20-14-17(15-21(30-2)24(20)31-3)16-26-28-25-27-22(18-10-6-4-7-11-18)23(32-25)19-12-8-5-9-13-19/h4-16H,1-3H3,(H,27,28)/b26-16+. The van der Waals surface area contributed by atoms with Crippen LogP contribution in [-0.2, 0) is 0 Å². The van der Waals surface area contributed by atoms with Crippen molar-refractivity contribution < 1.29 is 18.6 Å². The summed E-state index contributed by atoms with van der Waals surface area (Å²) in [6, 6.07) is 23.6. The normalized spacial score (nSPS) is 10.8. The summed E-state index contributed by atoms with van der Waals surface area (Å²) in [7, 11) is 4.70. The van der Waals surface area contributed by atoms with Crippen LogP contribution in [0.3, 0.4) is 0 Å². The van der Waals surface area contributed by atoms with E-state index in [1.807, 2.05) is 60.7 Å². The van der Waals surface area contributed by atoms with Gasteiger partial charge >= 0.3 is 6.01 Å². The number of oxazole rings is 1. The topological polar surface area (TPSA) is 78.1 Å². The zero-order valence-electron chi connectivity index (χ0n) is 18.0. The molecule has 7 nitrogen and oxygen atoms in total. The van der Waals surface area contributed by atoms with Gasteiger partial charge in [0.2, 0.25) is 5.75 Å². The highest BCUT2D eigenvalue weighted by Crippen LogP contribution is 2.38. The molecule has 0 saturated carbocycles. The summed E-state index contributed by atoms with van der Waals surface area (Å²) in [6.45, 7) is 0.